The molecule has 0 saturated heterocycles. The lowest BCUT2D eigenvalue weighted by molar-refractivity contribution is -0.123. The van der Waals surface area contributed by atoms with Crippen LogP contribution < -0.4 is 5.73 Å². The van der Waals surface area contributed by atoms with Gasteiger partial charge in [-0.3, -0.25) is 14.7 Å². The number of carbonyl (C=O) groups is 1. The maximum Gasteiger partial charge on any atom is 0.249 e. The lowest BCUT2D eigenvalue weighted by atomic mass is 10.2. The Labute approximate surface area is 82.0 Å². The van der Waals surface area contributed by atoms with Crippen LogP contribution in [0, 0.1) is 0 Å². The number of carbonyl (C=O) groups excluding carboxylic acids is 1. The van der Waals surface area contributed by atoms with Gasteiger partial charge in [-0.25, -0.2) is 0 Å². The number of amidine groups is 1. The Bertz CT molecular complexity index is 394. The Hall–Kier alpha value is -1.84. The second-order valence-electron chi connectivity index (χ2n) is 3.21. The van der Waals surface area contributed by atoms with Gasteiger partial charge in [0, 0.05) is 18.3 Å². The van der Waals surface area contributed by atoms with Crippen LogP contribution in [0.25, 0.3) is 0 Å². The molecule has 0 aliphatic carbocycles. The van der Waals surface area contributed by atoms with Gasteiger partial charge in [-0.2, -0.15) is 0 Å². The lowest BCUT2D eigenvalue weighted by Crippen LogP contribution is -2.28. The SMILES string of the molecule is CN1C(=O)CN=C1c1ccc(N)cc1. The molecular formula is C10H11N3O. The van der Waals surface area contributed by atoms with Gasteiger partial charge in [0.2, 0.25) is 5.91 Å². The van der Waals surface area contributed by atoms with Crippen molar-refractivity contribution in [2.75, 3.05) is 19.3 Å². The summed E-state index contributed by atoms with van der Waals surface area (Å²) in [7, 11) is 1.73. The molecule has 72 valence electrons. The van der Waals surface area contributed by atoms with E-state index in [9.17, 15) is 4.79 Å². The molecule has 1 heterocycles. The predicted octanol–water partition coefficient (Wildman–Crippen LogP) is 0.487. The molecule has 0 spiro atoms. The van der Waals surface area contributed by atoms with Crippen molar-refractivity contribution in [2.45, 2.75) is 0 Å². The number of hydrogen-bond acceptors (Lipinski definition) is 3. The zero-order valence-corrected chi connectivity index (χ0v) is 7.90. The number of anilines is 1. The van der Waals surface area contributed by atoms with Gasteiger partial charge in [-0.1, -0.05) is 0 Å². The van der Waals surface area contributed by atoms with Gasteiger partial charge < -0.3 is 5.73 Å². The molecule has 0 atom stereocenters. The van der Waals surface area contributed by atoms with E-state index in [4.69, 9.17) is 5.73 Å². The van der Waals surface area contributed by atoms with E-state index in [1.165, 1.54) is 0 Å². The molecule has 0 saturated carbocycles. The minimum Gasteiger partial charge on any atom is -0.399 e. The van der Waals surface area contributed by atoms with E-state index >= 15 is 0 Å². The average Bonchev–Trinajstić information content (AvgIpc) is 2.50. The third kappa shape index (κ3) is 1.35. The Balaban J connectivity index is 2.33. The van der Waals surface area contributed by atoms with Crippen molar-refractivity contribution >= 4 is 17.4 Å². The molecule has 1 aliphatic heterocycles. The molecular weight excluding hydrogens is 178 g/mol. The van der Waals surface area contributed by atoms with Crippen LogP contribution >= 0.6 is 0 Å². The van der Waals surface area contributed by atoms with Crippen LogP contribution in [0.1, 0.15) is 5.56 Å². The van der Waals surface area contributed by atoms with Crippen LogP contribution in [0.5, 0.6) is 0 Å². The van der Waals surface area contributed by atoms with Gasteiger partial charge in [-0.15, -0.1) is 0 Å². The fraction of sp³-hybridized carbons (Fsp3) is 0.200. The van der Waals surface area contributed by atoms with E-state index in [1.807, 2.05) is 12.1 Å². The number of hydrogen-bond donors (Lipinski definition) is 1. The molecule has 14 heavy (non-hydrogen) atoms. The first-order valence-electron chi connectivity index (χ1n) is 4.35. The molecule has 1 aliphatic rings. The van der Waals surface area contributed by atoms with Gasteiger partial charge in [0.05, 0.1) is 0 Å². The number of benzene rings is 1. The molecule has 2 N–H and O–H groups in total. The Morgan fingerprint density at radius 1 is 1.36 bits per heavy atom. The van der Waals surface area contributed by atoms with Gasteiger partial charge in [0.25, 0.3) is 0 Å². The van der Waals surface area contributed by atoms with E-state index in [2.05, 4.69) is 4.99 Å². The number of rotatable bonds is 1. The van der Waals surface area contributed by atoms with Crippen molar-refractivity contribution in [3.05, 3.63) is 29.8 Å². The van der Waals surface area contributed by atoms with Crippen LogP contribution in [0.15, 0.2) is 29.3 Å². The molecule has 1 amide bonds. The molecule has 1 aromatic rings. The summed E-state index contributed by atoms with van der Waals surface area (Å²) in [4.78, 5) is 16.9. The zero-order chi connectivity index (χ0) is 10.1. The normalized spacial score (nSPS) is 15.9. The molecule has 0 aromatic heterocycles. The summed E-state index contributed by atoms with van der Waals surface area (Å²) in [5.41, 5.74) is 7.20. The van der Waals surface area contributed by atoms with Gasteiger partial charge in [0.1, 0.15) is 12.4 Å². The Morgan fingerprint density at radius 3 is 2.50 bits per heavy atom. The largest absolute Gasteiger partial charge is 0.399 e. The summed E-state index contributed by atoms with van der Waals surface area (Å²) < 4.78 is 0. The molecule has 0 fully saturated rings. The minimum atomic E-state index is 0.0248. The third-order valence-corrected chi connectivity index (χ3v) is 2.22. The molecule has 4 heteroatoms. The number of nitrogens with zero attached hydrogens (tertiary/aromatic N) is 2. The summed E-state index contributed by atoms with van der Waals surface area (Å²) in [5, 5.41) is 0. The number of likely N-dealkylation sites (N-methyl/N-ethyl adjacent to an activating group) is 1. The summed E-state index contributed by atoms with van der Waals surface area (Å²) >= 11 is 0. The number of amides is 1. The molecule has 0 unspecified atom stereocenters. The highest BCUT2D eigenvalue weighted by molar-refractivity contribution is 6.12. The van der Waals surface area contributed by atoms with Gasteiger partial charge in [-0.05, 0) is 24.3 Å². The van der Waals surface area contributed by atoms with Crippen molar-refractivity contribution in [1.82, 2.24) is 4.90 Å². The highest BCUT2D eigenvalue weighted by Crippen LogP contribution is 2.12. The summed E-state index contributed by atoms with van der Waals surface area (Å²) in [5.74, 6) is 0.742. The summed E-state index contributed by atoms with van der Waals surface area (Å²) in [6, 6.07) is 7.33. The zero-order valence-electron chi connectivity index (χ0n) is 7.90. The third-order valence-electron chi connectivity index (χ3n) is 2.22. The average molecular weight is 189 g/mol. The molecule has 1 aromatic carbocycles. The van der Waals surface area contributed by atoms with Crippen LogP contribution in [0.4, 0.5) is 5.69 Å². The second-order valence-corrected chi connectivity index (χ2v) is 3.21. The monoisotopic (exact) mass is 189 g/mol. The van der Waals surface area contributed by atoms with Crippen molar-refractivity contribution < 1.29 is 4.79 Å². The lowest BCUT2D eigenvalue weighted by Gasteiger charge is -2.11. The topological polar surface area (TPSA) is 58.7 Å². The van der Waals surface area contributed by atoms with Gasteiger partial charge >= 0.3 is 0 Å². The molecule has 0 radical (unpaired) electrons. The highest BCUT2D eigenvalue weighted by Gasteiger charge is 2.21. The maximum absolute atomic E-state index is 11.2. The molecule has 0 bridgehead atoms. The molecule has 4 nitrogen and oxygen atoms in total. The first kappa shape index (κ1) is 8.74. The highest BCUT2D eigenvalue weighted by atomic mass is 16.2. The van der Waals surface area contributed by atoms with E-state index in [0.717, 1.165) is 11.4 Å². The van der Waals surface area contributed by atoms with Crippen LogP contribution in [0.2, 0.25) is 0 Å². The smallest absolute Gasteiger partial charge is 0.249 e. The standard InChI is InChI=1S/C10H11N3O/c1-13-9(14)6-12-10(13)7-2-4-8(11)5-3-7/h2-5H,6,11H2,1H3. The number of aliphatic imine (C=N–C) groups is 1. The van der Waals surface area contributed by atoms with Crippen LogP contribution in [-0.4, -0.2) is 30.2 Å². The fourth-order valence-corrected chi connectivity index (χ4v) is 1.39. The maximum atomic E-state index is 11.2. The summed E-state index contributed by atoms with van der Waals surface area (Å²) in [6.45, 7) is 0.246. The first-order chi connectivity index (χ1) is 6.68. The fourth-order valence-electron chi connectivity index (χ4n) is 1.39. The van der Waals surface area contributed by atoms with Crippen LogP contribution in [0.3, 0.4) is 0 Å². The Morgan fingerprint density at radius 2 is 2.00 bits per heavy atom. The van der Waals surface area contributed by atoms with Crippen molar-refractivity contribution in [3.8, 4) is 0 Å². The van der Waals surface area contributed by atoms with E-state index in [0.29, 0.717) is 5.69 Å². The Kier molecular flexibility index (Phi) is 1.96. The first-order valence-corrected chi connectivity index (χ1v) is 4.35. The summed E-state index contributed by atoms with van der Waals surface area (Å²) in [6.07, 6.45) is 0. The minimum absolute atomic E-state index is 0.0248. The predicted molar refractivity (Wildman–Crippen MR) is 55.0 cm³/mol. The number of nitrogens with two attached hydrogens (primary N) is 1. The second kappa shape index (κ2) is 3.14. The van der Waals surface area contributed by atoms with Crippen molar-refractivity contribution in [2.24, 2.45) is 4.99 Å². The van der Waals surface area contributed by atoms with Crippen LogP contribution in [-0.2, 0) is 4.79 Å². The van der Waals surface area contributed by atoms with E-state index in [1.54, 1.807) is 24.1 Å². The van der Waals surface area contributed by atoms with E-state index < -0.39 is 0 Å². The number of nitrogen functional groups attached to an aromatic ring is 1. The quantitative estimate of drug-likeness (QED) is 0.653. The van der Waals surface area contributed by atoms with Crippen molar-refractivity contribution in [1.29, 1.82) is 0 Å². The van der Waals surface area contributed by atoms with E-state index in [-0.39, 0.29) is 12.5 Å². The molecule has 2 rings (SSSR count). The van der Waals surface area contributed by atoms with Crippen molar-refractivity contribution in [3.63, 3.8) is 0 Å². The van der Waals surface area contributed by atoms with Gasteiger partial charge in [0.15, 0.2) is 0 Å².